The molecule has 0 aliphatic carbocycles. The topological polar surface area (TPSA) is 61.4 Å². The van der Waals surface area contributed by atoms with Crippen molar-refractivity contribution in [3.63, 3.8) is 0 Å². The van der Waals surface area contributed by atoms with Crippen LogP contribution in [0.3, 0.4) is 0 Å². The van der Waals surface area contributed by atoms with Crippen molar-refractivity contribution in [3.8, 4) is 0 Å². The Hall–Kier alpha value is -1.10. The van der Waals surface area contributed by atoms with Crippen molar-refractivity contribution in [2.75, 3.05) is 26.2 Å². The minimum Gasteiger partial charge on any atom is -0.353 e. The molecule has 0 spiro atoms. The summed E-state index contributed by atoms with van der Waals surface area (Å²) in [7, 11) is 0. The normalized spacial score (nSPS) is 31.0. The molecular weight excluding hydrogens is 254 g/mol. The fourth-order valence-electron chi connectivity index (χ4n) is 3.62. The van der Waals surface area contributed by atoms with Crippen LogP contribution in [0, 0.1) is 5.41 Å². The third-order valence-corrected chi connectivity index (χ3v) is 4.63. The van der Waals surface area contributed by atoms with Gasteiger partial charge in [-0.1, -0.05) is 20.3 Å². The van der Waals surface area contributed by atoms with Gasteiger partial charge in [-0.15, -0.1) is 0 Å². The van der Waals surface area contributed by atoms with E-state index in [0.29, 0.717) is 19.5 Å². The summed E-state index contributed by atoms with van der Waals surface area (Å²) in [5.74, 6) is 0.191. The van der Waals surface area contributed by atoms with Crippen molar-refractivity contribution in [2.24, 2.45) is 5.41 Å². The summed E-state index contributed by atoms with van der Waals surface area (Å²) in [5, 5.41) is 6.24. The van der Waals surface area contributed by atoms with Crippen LogP contribution in [-0.2, 0) is 9.59 Å². The summed E-state index contributed by atoms with van der Waals surface area (Å²) in [6.07, 6.45) is 4.59. The highest BCUT2D eigenvalue weighted by atomic mass is 16.2. The van der Waals surface area contributed by atoms with E-state index in [1.807, 2.05) is 11.8 Å². The number of nitrogens with one attached hydrogen (secondary N) is 2. The van der Waals surface area contributed by atoms with E-state index in [2.05, 4.69) is 17.6 Å². The van der Waals surface area contributed by atoms with Crippen molar-refractivity contribution in [1.82, 2.24) is 15.5 Å². The molecule has 2 N–H and O–H groups in total. The van der Waals surface area contributed by atoms with Crippen LogP contribution in [0.15, 0.2) is 0 Å². The first-order chi connectivity index (χ1) is 9.64. The Kier molecular flexibility index (Phi) is 5.02. The number of piperazine rings is 1. The number of nitrogens with zero attached hydrogens (tertiary/aromatic N) is 1. The van der Waals surface area contributed by atoms with Gasteiger partial charge in [0.25, 0.3) is 0 Å². The van der Waals surface area contributed by atoms with Crippen LogP contribution < -0.4 is 10.6 Å². The summed E-state index contributed by atoms with van der Waals surface area (Å²) < 4.78 is 0. The Morgan fingerprint density at radius 3 is 2.80 bits per heavy atom. The molecule has 2 saturated heterocycles. The maximum atomic E-state index is 13.1. The smallest absolute Gasteiger partial charge is 0.242 e. The Labute approximate surface area is 121 Å². The molecule has 2 aliphatic heterocycles. The van der Waals surface area contributed by atoms with Gasteiger partial charge in [-0.2, -0.15) is 0 Å². The van der Waals surface area contributed by atoms with Crippen molar-refractivity contribution >= 4 is 11.8 Å². The van der Waals surface area contributed by atoms with Crippen LogP contribution >= 0.6 is 0 Å². The molecule has 5 nitrogen and oxygen atoms in total. The van der Waals surface area contributed by atoms with Gasteiger partial charge in [0.15, 0.2) is 0 Å². The number of hydrogen-bond acceptors (Lipinski definition) is 3. The van der Waals surface area contributed by atoms with Crippen molar-refractivity contribution in [2.45, 2.75) is 52.0 Å². The fraction of sp³-hybridized carbons (Fsp3) is 0.867. The van der Waals surface area contributed by atoms with Gasteiger partial charge in [-0.05, 0) is 32.2 Å². The molecule has 2 atom stereocenters. The Bertz CT molecular complexity index is 359. The lowest BCUT2D eigenvalue weighted by atomic mass is 9.75. The fourth-order valence-corrected chi connectivity index (χ4v) is 3.62. The third-order valence-electron chi connectivity index (χ3n) is 4.63. The largest absolute Gasteiger partial charge is 0.353 e. The molecule has 0 aromatic rings. The van der Waals surface area contributed by atoms with E-state index in [-0.39, 0.29) is 23.3 Å². The van der Waals surface area contributed by atoms with Crippen LogP contribution in [0.4, 0.5) is 0 Å². The highest BCUT2D eigenvalue weighted by Crippen LogP contribution is 2.35. The van der Waals surface area contributed by atoms with Crippen molar-refractivity contribution in [3.05, 3.63) is 0 Å². The van der Waals surface area contributed by atoms with Gasteiger partial charge in [-0.3, -0.25) is 9.59 Å². The van der Waals surface area contributed by atoms with Crippen LogP contribution in [0.2, 0.25) is 0 Å². The van der Waals surface area contributed by atoms with E-state index in [4.69, 9.17) is 0 Å². The van der Waals surface area contributed by atoms with Crippen LogP contribution in [0.5, 0.6) is 0 Å². The second-order valence-corrected chi connectivity index (χ2v) is 6.02. The van der Waals surface area contributed by atoms with Crippen LogP contribution in [0.1, 0.15) is 46.0 Å². The van der Waals surface area contributed by atoms with Gasteiger partial charge in [0.1, 0.15) is 6.04 Å². The SMILES string of the molecule is CCCC1(C(=O)N2CCNC(=O)C2CC)CCCNC1. The molecule has 2 rings (SSSR count). The molecule has 2 heterocycles. The lowest BCUT2D eigenvalue weighted by Gasteiger charge is -2.44. The predicted molar refractivity (Wildman–Crippen MR) is 78.2 cm³/mol. The molecule has 2 amide bonds. The van der Waals surface area contributed by atoms with E-state index in [9.17, 15) is 9.59 Å². The maximum absolute atomic E-state index is 13.1. The highest BCUT2D eigenvalue weighted by Gasteiger charge is 2.44. The van der Waals surface area contributed by atoms with Gasteiger partial charge in [0.05, 0.1) is 5.41 Å². The summed E-state index contributed by atoms with van der Waals surface area (Å²) in [4.78, 5) is 26.9. The minimum absolute atomic E-state index is 0.00233. The molecule has 0 aromatic carbocycles. The van der Waals surface area contributed by atoms with Crippen LogP contribution in [0.25, 0.3) is 0 Å². The van der Waals surface area contributed by atoms with E-state index in [1.165, 1.54) is 0 Å². The van der Waals surface area contributed by atoms with Gasteiger partial charge in [-0.25, -0.2) is 0 Å². The summed E-state index contributed by atoms with van der Waals surface area (Å²) >= 11 is 0. The molecule has 0 aromatic heterocycles. The molecule has 0 saturated carbocycles. The van der Waals surface area contributed by atoms with E-state index in [1.54, 1.807) is 0 Å². The number of hydrogen-bond donors (Lipinski definition) is 2. The molecule has 20 heavy (non-hydrogen) atoms. The molecule has 2 fully saturated rings. The van der Waals surface area contributed by atoms with Crippen LogP contribution in [-0.4, -0.2) is 48.9 Å². The summed E-state index contributed by atoms with van der Waals surface area (Å²) in [6.45, 7) is 7.08. The average Bonchev–Trinajstić information content (AvgIpc) is 2.47. The first-order valence-electron chi connectivity index (χ1n) is 7.94. The Morgan fingerprint density at radius 1 is 1.40 bits per heavy atom. The third kappa shape index (κ3) is 2.82. The zero-order valence-electron chi connectivity index (χ0n) is 12.7. The zero-order chi connectivity index (χ0) is 14.6. The zero-order valence-corrected chi connectivity index (χ0v) is 12.7. The maximum Gasteiger partial charge on any atom is 0.242 e. The standard InChI is InChI=1S/C15H27N3O2/c1-3-6-15(7-5-8-16-11-15)14(20)18-10-9-17-13(19)12(18)4-2/h12,16H,3-11H2,1-2H3,(H,17,19). The van der Waals surface area contributed by atoms with Gasteiger partial charge < -0.3 is 15.5 Å². The van der Waals surface area contributed by atoms with E-state index in [0.717, 1.165) is 38.8 Å². The second kappa shape index (κ2) is 6.57. The monoisotopic (exact) mass is 281 g/mol. The highest BCUT2D eigenvalue weighted by molar-refractivity contribution is 5.91. The van der Waals surface area contributed by atoms with Crippen molar-refractivity contribution < 1.29 is 9.59 Å². The number of carbonyl (C=O) groups excluding carboxylic acids is 2. The lowest BCUT2D eigenvalue weighted by Crippen LogP contribution is -2.62. The quantitative estimate of drug-likeness (QED) is 0.804. The predicted octanol–water partition coefficient (Wildman–Crippen LogP) is 0.893. The molecular formula is C15H27N3O2. The van der Waals surface area contributed by atoms with Gasteiger partial charge >= 0.3 is 0 Å². The Balaban J connectivity index is 2.19. The molecule has 0 radical (unpaired) electrons. The van der Waals surface area contributed by atoms with Gasteiger partial charge in [0, 0.05) is 19.6 Å². The first-order valence-corrected chi connectivity index (χ1v) is 7.94. The first kappa shape index (κ1) is 15.3. The molecule has 0 bridgehead atoms. The van der Waals surface area contributed by atoms with E-state index >= 15 is 0 Å². The van der Waals surface area contributed by atoms with E-state index < -0.39 is 0 Å². The molecule has 2 aliphatic rings. The number of piperidine rings is 1. The molecule has 2 unspecified atom stereocenters. The minimum atomic E-state index is -0.294. The second-order valence-electron chi connectivity index (χ2n) is 6.02. The number of amides is 2. The molecule has 114 valence electrons. The number of carbonyl (C=O) groups is 2. The Morgan fingerprint density at radius 2 is 2.20 bits per heavy atom. The average molecular weight is 281 g/mol. The number of rotatable bonds is 4. The molecule has 5 heteroatoms. The van der Waals surface area contributed by atoms with Gasteiger partial charge in [0.2, 0.25) is 11.8 Å². The lowest BCUT2D eigenvalue weighted by molar-refractivity contribution is -0.152. The summed E-state index contributed by atoms with van der Waals surface area (Å²) in [6, 6.07) is -0.285. The van der Waals surface area contributed by atoms with Crippen molar-refractivity contribution in [1.29, 1.82) is 0 Å². The summed E-state index contributed by atoms with van der Waals surface area (Å²) in [5.41, 5.74) is -0.294.